The molecule has 0 aliphatic carbocycles. The van der Waals surface area contributed by atoms with Crippen LogP contribution >= 0.6 is 16.3 Å². The molecule has 4 aliphatic heterocycles. The number of rotatable bonds is 2. The molecule has 11 N–H and O–H groups in total. The van der Waals surface area contributed by atoms with E-state index in [1.807, 2.05) is 0 Å². The molecule has 3 aromatic rings. The minimum absolute atomic E-state index is 0.0496. The van der Waals surface area contributed by atoms with Crippen LogP contribution in [-0.2, 0) is 24.9 Å². The Morgan fingerprint density at radius 1 is 1.14 bits per heavy atom. The molecule has 0 saturated carbocycles. The van der Waals surface area contributed by atoms with E-state index in [2.05, 4.69) is 30.9 Å². The molecule has 44 heavy (non-hydrogen) atoms. The van der Waals surface area contributed by atoms with Crippen molar-refractivity contribution in [3.05, 3.63) is 69.8 Å². The van der Waals surface area contributed by atoms with Gasteiger partial charge in [0.05, 0.1) is 0 Å². The van der Waals surface area contributed by atoms with Crippen LogP contribution in [0.1, 0.15) is 5.76 Å². The molecule has 0 aromatic carbocycles. The monoisotopic (exact) mass is 663 g/mol. The third kappa shape index (κ3) is 4.74. The average molecular weight is 663 g/mol. The SMILES string of the molecule is NC1=C2NCN(C3=C4O[PH](O)(O)OCc5oc(-n6cnc7c(=O)[nH]cnc76)c(F)c5O[PH](O)(O)O/C=C(/O3)[C@H]4O)C2NCN1. The first-order valence-electron chi connectivity index (χ1n) is 12.5. The minimum atomic E-state index is -5.36. The van der Waals surface area contributed by atoms with Crippen molar-refractivity contribution in [3.63, 3.8) is 0 Å². The van der Waals surface area contributed by atoms with Crippen molar-refractivity contribution in [2.45, 2.75) is 18.9 Å². The summed E-state index contributed by atoms with van der Waals surface area (Å²) in [6, 6.07) is 0. The van der Waals surface area contributed by atoms with Gasteiger partial charge in [0.2, 0.25) is 0 Å². The maximum absolute atomic E-state index is 15.7. The third-order valence-electron chi connectivity index (χ3n) is 6.71. The van der Waals surface area contributed by atoms with E-state index < -0.39 is 75.5 Å². The summed E-state index contributed by atoms with van der Waals surface area (Å²) in [5.74, 6) is -4.51. The predicted octanol–water partition coefficient (Wildman–Crippen LogP) is -2.56. The molecule has 4 aliphatic rings. The Labute approximate surface area is 243 Å². The van der Waals surface area contributed by atoms with Crippen molar-refractivity contribution in [3.8, 4) is 11.6 Å². The van der Waals surface area contributed by atoms with E-state index in [-0.39, 0.29) is 30.4 Å². The Hall–Kier alpha value is -4.24. The first-order chi connectivity index (χ1) is 20.9. The van der Waals surface area contributed by atoms with Crippen molar-refractivity contribution >= 4 is 27.5 Å². The number of furan rings is 1. The topological polar surface area (TPSA) is 289 Å². The van der Waals surface area contributed by atoms with Crippen molar-refractivity contribution < 1.29 is 56.3 Å². The molecular formula is C20H24FN9O12P2. The van der Waals surface area contributed by atoms with Crippen LogP contribution in [-0.4, -0.2) is 74.7 Å². The van der Waals surface area contributed by atoms with Gasteiger partial charge in [-0.3, -0.25) is 0 Å². The van der Waals surface area contributed by atoms with Gasteiger partial charge in [0.1, 0.15) is 0 Å². The molecule has 1 saturated heterocycles. The molecule has 7 rings (SSSR count). The fraction of sp³-hybridized carbons (Fsp3) is 0.250. The number of nitrogens with one attached hydrogen (secondary N) is 4. The quantitative estimate of drug-likeness (QED) is 0.126. The Morgan fingerprint density at radius 2 is 1.95 bits per heavy atom. The zero-order chi connectivity index (χ0) is 31.0. The summed E-state index contributed by atoms with van der Waals surface area (Å²) >= 11 is 0. The average Bonchev–Trinajstić information content (AvgIpc) is 3.73. The zero-order valence-electron chi connectivity index (χ0n) is 21.8. The summed E-state index contributed by atoms with van der Waals surface area (Å²) in [4.78, 5) is 66.3. The second-order valence-corrected chi connectivity index (χ2v) is 12.6. The van der Waals surface area contributed by atoms with E-state index in [9.17, 15) is 29.5 Å². The summed E-state index contributed by atoms with van der Waals surface area (Å²) in [5.41, 5.74) is 5.58. The van der Waals surface area contributed by atoms with E-state index in [0.717, 1.165) is 17.2 Å². The van der Waals surface area contributed by atoms with E-state index in [1.54, 1.807) is 0 Å². The Bertz CT molecular complexity index is 1820. The van der Waals surface area contributed by atoms with Gasteiger partial charge in [0.15, 0.2) is 0 Å². The van der Waals surface area contributed by atoms with Gasteiger partial charge in [0, 0.05) is 0 Å². The van der Waals surface area contributed by atoms with Crippen LogP contribution in [0.25, 0.3) is 17.0 Å². The standard InChI is InChI=1S/C20H24FN9O12P2/c21-9-13-8(40-19(9)29-6-28-11-17(29)25-4-26-18(11)32)2-38-44(35,36)42-14-12(31)7(1-37-43(33,34)41-13)39-20(14)30-5-27-10-15(22)23-3-24-16(10)30/h1,4,6,12,16,23-24,27,31,33-36,43-44H,2-3,5,22H2,(H,25,26,32)/b7-1+/t12-,16?/m1/s1. The van der Waals surface area contributed by atoms with Crippen molar-refractivity contribution in [1.82, 2.24) is 40.4 Å². The summed E-state index contributed by atoms with van der Waals surface area (Å²) in [6.07, 6.45) is 0.149. The summed E-state index contributed by atoms with van der Waals surface area (Å²) in [5, 5.41) is 20.0. The Balaban J connectivity index is 1.27. The number of nitrogens with zero attached hydrogens (tertiary/aromatic N) is 4. The number of fused-ring (bicyclic) bond motifs is 5. The van der Waals surface area contributed by atoms with Gasteiger partial charge in [-0.15, -0.1) is 0 Å². The molecule has 7 heterocycles. The molecule has 21 nitrogen and oxygen atoms in total. The van der Waals surface area contributed by atoms with E-state index in [4.69, 9.17) is 33.0 Å². The number of hydrogen-bond acceptors (Lipinski definition) is 19. The zero-order valence-corrected chi connectivity index (χ0v) is 23.8. The van der Waals surface area contributed by atoms with Gasteiger partial charge < -0.3 is 0 Å². The molecule has 2 atom stereocenters. The van der Waals surface area contributed by atoms with Gasteiger partial charge in [-0.1, -0.05) is 0 Å². The predicted molar refractivity (Wildman–Crippen MR) is 143 cm³/mol. The van der Waals surface area contributed by atoms with Gasteiger partial charge in [-0.25, -0.2) is 0 Å². The van der Waals surface area contributed by atoms with Crippen LogP contribution in [0.15, 0.2) is 57.0 Å². The van der Waals surface area contributed by atoms with E-state index >= 15 is 4.39 Å². The van der Waals surface area contributed by atoms with Crippen LogP contribution in [0, 0.1) is 5.82 Å². The van der Waals surface area contributed by atoms with E-state index in [1.165, 1.54) is 4.90 Å². The van der Waals surface area contributed by atoms with Crippen LogP contribution < -0.4 is 31.8 Å². The Kier molecular flexibility index (Phi) is 6.59. The summed E-state index contributed by atoms with van der Waals surface area (Å²) < 4.78 is 48.4. The van der Waals surface area contributed by atoms with Gasteiger partial charge in [-0.05, 0) is 0 Å². The van der Waals surface area contributed by atoms with Crippen LogP contribution in [0.5, 0.6) is 5.75 Å². The molecule has 3 aromatic heterocycles. The van der Waals surface area contributed by atoms with Crippen molar-refractivity contribution in [2.75, 3.05) is 13.3 Å². The maximum atomic E-state index is 15.7. The summed E-state index contributed by atoms with van der Waals surface area (Å²) in [6.45, 7) is -0.668. The first-order valence-corrected chi connectivity index (χ1v) is 15.9. The number of nitrogens with two attached hydrogens (primary N) is 1. The molecule has 238 valence electrons. The van der Waals surface area contributed by atoms with Crippen molar-refractivity contribution in [1.29, 1.82) is 0 Å². The number of H-pyrrole nitrogens is 1. The third-order valence-corrected chi connectivity index (χ3v) is 8.61. The molecule has 0 amide bonds. The number of aromatic amines is 1. The van der Waals surface area contributed by atoms with Crippen LogP contribution in [0.2, 0.25) is 0 Å². The first kappa shape index (κ1) is 28.5. The van der Waals surface area contributed by atoms with Crippen molar-refractivity contribution in [2.24, 2.45) is 5.73 Å². The van der Waals surface area contributed by atoms with E-state index in [0.29, 0.717) is 17.8 Å². The van der Waals surface area contributed by atoms with Crippen LogP contribution in [0.3, 0.4) is 0 Å². The number of halogens is 1. The number of ether oxygens (including phenoxy) is 1. The second-order valence-electron chi connectivity index (χ2n) is 9.49. The van der Waals surface area contributed by atoms with Gasteiger partial charge in [0.25, 0.3) is 0 Å². The number of aromatic nitrogens is 4. The summed E-state index contributed by atoms with van der Waals surface area (Å²) in [7, 11) is -10.6. The second kappa shape index (κ2) is 10.2. The molecule has 1 unspecified atom stereocenters. The molecule has 0 radical (unpaired) electrons. The van der Waals surface area contributed by atoms with Crippen LogP contribution in [0.4, 0.5) is 4.39 Å². The fourth-order valence-electron chi connectivity index (χ4n) is 4.75. The number of imidazole rings is 1. The van der Waals surface area contributed by atoms with Gasteiger partial charge in [-0.2, -0.15) is 0 Å². The molecule has 2 bridgehead atoms. The fourth-order valence-corrected chi connectivity index (χ4v) is 6.40. The molecule has 1 fully saturated rings. The van der Waals surface area contributed by atoms with Gasteiger partial charge >= 0.3 is 244 Å². The number of aliphatic hydroxyl groups excluding tert-OH is 1. The number of hydrogen-bond donors (Lipinski definition) is 10. The molecular weight excluding hydrogens is 639 g/mol. The normalized spacial score (nSPS) is 27.0. The Morgan fingerprint density at radius 3 is 2.77 bits per heavy atom. The number of aliphatic hydroxyl groups is 1. The molecule has 24 heteroatoms. The molecule has 0 spiro atoms.